The summed E-state index contributed by atoms with van der Waals surface area (Å²) in [5.41, 5.74) is 0.863. The Morgan fingerprint density at radius 2 is 1.67 bits per heavy atom. The van der Waals surface area contributed by atoms with Gasteiger partial charge in [0, 0.05) is 10.0 Å². The van der Waals surface area contributed by atoms with E-state index in [1.165, 1.54) is 0 Å². The third kappa shape index (κ3) is 6.10. The van der Waals surface area contributed by atoms with Gasteiger partial charge in [-0.05, 0) is 65.0 Å². The molecule has 27 heavy (non-hydrogen) atoms. The fourth-order valence-corrected chi connectivity index (χ4v) is 2.79. The Morgan fingerprint density at radius 1 is 1.00 bits per heavy atom. The normalized spacial score (nSPS) is 11.2. The van der Waals surface area contributed by atoms with Crippen molar-refractivity contribution in [3.63, 3.8) is 0 Å². The Hall–Kier alpha value is -2.34. The van der Waals surface area contributed by atoms with Crippen molar-refractivity contribution in [3.05, 3.63) is 58.1 Å². The number of hydrogen-bond acceptors (Lipinski definition) is 3. The highest BCUT2D eigenvalue weighted by molar-refractivity contribution is 9.10. The smallest absolute Gasteiger partial charge is 0.259 e. The zero-order chi connectivity index (χ0) is 20.2. The van der Waals surface area contributed by atoms with Gasteiger partial charge < -0.3 is 15.4 Å². The maximum absolute atomic E-state index is 12.9. The average molecular weight is 433 g/mol. The Balaban J connectivity index is 2.32. The SMILES string of the molecule is CC(C)Oc1ccc(Br)cc1C(=O)Nc1ccccc1C(=O)NC(C)(C)C. The van der Waals surface area contributed by atoms with Crippen LogP contribution in [0.5, 0.6) is 5.75 Å². The van der Waals surface area contributed by atoms with Crippen molar-refractivity contribution >= 4 is 33.4 Å². The fraction of sp³-hybridized carbons (Fsp3) is 0.333. The maximum atomic E-state index is 12.9. The van der Waals surface area contributed by atoms with Crippen molar-refractivity contribution in [1.29, 1.82) is 0 Å². The highest BCUT2D eigenvalue weighted by Crippen LogP contribution is 2.26. The number of carbonyl (C=O) groups is 2. The van der Waals surface area contributed by atoms with Crippen molar-refractivity contribution in [2.24, 2.45) is 0 Å². The highest BCUT2D eigenvalue weighted by Gasteiger charge is 2.20. The van der Waals surface area contributed by atoms with E-state index < -0.39 is 0 Å². The molecule has 0 aliphatic rings. The van der Waals surface area contributed by atoms with E-state index in [4.69, 9.17) is 4.74 Å². The second kappa shape index (κ2) is 8.57. The number of hydrogen-bond donors (Lipinski definition) is 2. The summed E-state index contributed by atoms with van der Waals surface area (Å²) in [5, 5.41) is 5.75. The lowest BCUT2D eigenvalue weighted by Crippen LogP contribution is -2.40. The number of rotatable bonds is 5. The summed E-state index contributed by atoms with van der Waals surface area (Å²) in [4.78, 5) is 25.5. The number of ether oxygens (including phenoxy) is 1. The van der Waals surface area contributed by atoms with Crippen molar-refractivity contribution in [3.8, 4) is 5.75 Å². The zero-order valence-corrected chi connectivity index (χ0v) is 17.8. The molecule has 0 saturated carbocycles. The van der Waals surface area contributed by atoms with Gasteiger partial charge in [0.2, 0.25) is 0 Å². The molecule has 0 aliphatic heterocycles. The average Bonchev–Trinajstić information content (AvgIpc) is 2.55. The predicted octanol–water partition coefficient (Wildman–Crippen LogP) is 5.02. The fourth-order valence-electron chi connectivity index (χ4n) is 2.42. The molecule has 0 bridgehead atoms. The van der Waals surface area contributed by atoms with Gasteiger partial charge in [-0.1, -0.05) is 28.1 Å². The lowest BCUT2D eigenvalue weighted by Gasteiger charge is -2.21. The van der Waals surface area contributed by atoms with E-state index in [2.05, 4.69) is 26.6 Å². The van der Waals surface area contributed by atoms with Gasteiger partial charge in [0.1, 0.15) is 5.75 Å². The number of carbonyl (C=O) groups excluding carboxylic acids is 2. The van der Waals surface area contributed by atoms with Gasteiger partial charge in [-0.3, -0.25) is 9.59 Å². The quantitative estimate of drug-likeness (QED) is 0.696. The second-order valence-corrected chi connectivity index (χ2v) is 8.43. The van der Waals surface area contributed by atoms with Crippen LogP contribution in [0.25, 0.3) is 0 Å². The van der Waals surface area contributed by atoms with Gasteiger partial charge in [0.15, 0.2) is 0 Å². The molecule has 0 saturated heterocycles. The number of halogens is 1. The van der Waals surface area contributed by atoms with E-state index in [1.807, 2.05) is 40.7 Å². The van der Waals surface area contributed by atoms with E-state index in [0.29, 0.717) is 22.6 Å². The van der Waals surface area contributed by atoms with Crippen molar-refractivity contribution in [2.75, 3.05) is 5.32 Å². The molecular weight excluding hydrogens is 408 g/mol. The predicted molar refractivity (Wildman–Crippen MR) is 112 cm³/mol. The Bertz CT molecular complexity index is 842. The van der Waals surface area contributed by atoms with Gasteiger partial charge in [0.05, 0.1) is 22.9 Å². The first-order valence-electron chi connectivity index (χ1n) is 8.76. The summed E-state index contributed by atoms with van der Waals surface area (Å²) in [6.07, 6.45) is -0.0671. The van der Waals surface area contributed by atoms with Crippen LogP contribution in [0, 0.1) is 0 Å². The molecule has 2 rings (SSSR count). The summed E-state index contributed by atoms with van der Waals surface area (Å²) in [6, 6.07) is 12.2. The zero-order valence-electron chi connectivity index (χ0n) is 16.2. The molecule has 2 aromatic carbocycles. The summed E-state index contributed by atoms with van der Waals surface area (Å²) < 4.78 is 6.51. The number of benzene rings is 2. The van der Waals surface area contributed by atoms with Gasteiger partial charge in [-0.2, -0.15) is 0 Å². The Labute approximate surface area is 168 Å². The van der Waals surface area contributed by atoms with Gasteiger partial charge in [-0.15, -0.1) is 0 Å². The Kier molecular flexibility index (Phi) is 6.65. The molecule has 0 spiro atoms. The van der Waals surface area contributed by atoms with Crippen LogP contribution in [-0.4, -0.2) is 23.5 Å². The number of anilines is 1. The third-order valence-corrected chi connectivity index (χ3v) is 3.95. The molecule has 2 amide bonds. The van der Waals surface area contributed by atoms with E-state index in [0.717, 1.165) is 4.47 Å². The molecule has 2 aromatic rings. The van der Waals surface area contributed by atoms with Crippen LogP contribution < -0.4 is 15.4 Å². The largest absolute Gasteiger partial charge is 0.490 e. The molecule has 6 heteroatoms. The van der Waals surface area contributed by atoms with Crippen molar-refractivity contribution in [2.45, 2.75) is 46.3 Å². The van der Waals surface area contributed by atoms with Gasteiger partial charge in [-0.25, -0.2) is 0 Å². The molecule has 0 heterocycles. The first-order chi connectivity index (χ1) is 12.6. The minimum atomic E-state index is -0.378. The summed E-state index contributed by atoms with van der Waals surface area (Å²) in [7, 11) is 0. The van der Waals surface area contributed by atoms with Gasteiger partial charge >= 0.3 is 0 Å². The molecule has 5 nitrogen and oxygen atoms in total. The monoisotopic (exact) mass is 432 g/mol. The molecule has 0 unspecified atom stereocenters. The number of para-hydroxylation sites is 1. The van der Waals surface area contributed by atoms with Crippen LogP contribution in [0.2, 0.25) is 0 Å². The maximum Gasteiger partial charge on any atom is 0.259 e. The van der Waals surface area contributed by atoms with E-state index in [9.17, 15) is 9.59 Å². The van der Waals surface area contributed by atoms with Crippen LogP contribution in [0.4, 0.5) is 5.69 Å². The number of nitrogens with one attached hydrogen (secondary N) is 2. The molecule has 0 radical (unpaired) electrons. The first-order valence-corrected chi connectivity index (χ1v) is 9.55. The molecule has 0 aliphatic carbocycles. The summed E-state index contributed by atoms with van der Waals surface area (Å²) in [5.74, 6) is -0.100. The second-order valence-electron chi connectivity index (χ2n) is 7.51. The minimum absolute atomic E-state index is 0.0671. The summed E-state index contributed by atoms with van der Waals surface area (Å²) >= 11 is 3.39. The number of amides is 2. The van der Waals surface area contributed by atoms with Crippen LogP contribution in [-0.2, 0) is 0 Å². The molecule has 0 atom stereocenters. The molecule has 0 fully saturated rings. The standard InChI is InChI=1S/C21H25BrN2O3/c1-13(2)27-18-11-10-14(22)12-16(18)19(25)23-17-9-7-6-8-15(17)20(26)24-21(3,4)5/h6-13H,1-5H3,(H,23,25)(H,24,26). The van der Waals surface area contributed by atoms with Crippen molar-refractivity contribution < 1.29 is 14.3 Å². The lowest BCUT2D eigenvalue weighted by atomic mass is 10.1. The van der Waals surface area contributed by atoms with Crippen LogP contribution >= 0.6 is 15.9 Å². The van der Waals surface area contributed by atoms with Crippen LogP contribution in [0.1, 0.15) is 55.3 Å². The van der Waals surface area contributed by atoms with Crippen LogP contribution in [0.15, 0.2) is 46.9 Å². The Morgan fingerprint density at radius 3 is 2.30 bits per heavy atom. The molecule has 0 aromatic heterocycles. The highest BCUT2D eigenvalue weighted by atomic mass is 79.9. The molecule has 2 N–H and O–H groups in total. The molecular formula is C21H25BrN2O3. The molecule has 144 valence electrons. The third-order valence-electron chi connectivity index (χ3n) is 3.46. The first kappa shape index (κ1) is 21.0. The van der Waals surface area contributed by atoms with E-state index in [1.54, 1.807) is 36.4 Å². The summed E-state index contributed by atoms with van der Waals surface area (Å²) in [6.45, 7) is 9.51. The van der Waals surface area contributed by atoms with E-state index in [-0.39, 0.29) is 23.5 Å². The topological polar surface area (TPSA) is 67.4 Å². The van der Waals surface area contributed by atoms with Crippen molar-refractivity contribution in [1.82, 2.24) is 5.32 Å². The van der Waals surface area contributed by atoms with E-state index >= 15 is 0 Å². The lowest BCUT2D eigenvalue weighted by molar-refractivity contribution is 0.0920. The van der Waals surface area contributed by atoms with Crippen LogP contribution in [0.3, 0.4) is 0 Å². The van der Waals surface area contributed by atoms with Gasteiger partial charge in [0.25, 0.3) is 11.8 Å². The minimum Gasteiger partial charge on any atom is -0.490 e.